The molecule has 5 nitrogen and oxygen atoms in total. The molecule has 0 rings (SSSR count). The zero-order chi connectivity index (χ0) is 22.5. The Morgan fingerprint density at radius 2 is 0.867 bits per heavy atom. The molecule has 0 aromatic rings. The highest BCUT2D eigenvalue weighted by Gasteiger charge is 2.29. The van der Waals surface area contributed by atoms with Crippen LogP contribution in [-0.2, 0) is 14.9 Å². The lowest BCUT2D eigenvalue weighted by atomic mass is 10.0. The van der Waals surface area contributed by atoms with Crippen LogP contribution >= 0.6 is 0 Å². The molecule has 0 aliphatic carbocycles. The number of hydrogen-bond acceptors (Lipinski definition) is 3. The number of unbranched alkanes of at least 4 members (excludes halogenated alkanes) is 19. The summed E-state index contributed by atoms with van der Waals surface area (Å²) in [5.74, 6) is -1.46. The molecule has 0 heterocycles. The van der Waals surface area contributed by atoms with Crippen LogP contribution in [0.5, 0.6) is 0 Å². The van der Waals surface area contributed by atoms with Gasteiger partial charge in [-0.3, -0.25) is 9.35 Å². The summed E-state index contributed by atoms with van der Waals surface area (Å²) in [7, 11) is -4.49. The van der Waals surface area contributed by atoms with E-state index in [1.807, 2.05) is 0 Å². The third kappa shape index (κ3) is 19.3. The quantitative estimate of drug-likeness (QED) is 0.124. The maximum Gasteiger partial charge on any atom is 0.324 e. The molecule has 0 radical (unpaired) electrons. The van der Waals surface area contributed by atoms with Gasteiger partial charge in [-0.25, -0.2) is 0 Å². The molecule has 0 saturated heterocycles. The Hall–Kier alpha value is -0.620. The Bertz CT molecular complexity index is 490. The van der Waals surface area contributed by atoms with Crippen molar-refractivity contribution >= 4 is 16.1 Å². The minimum absolute atomic E-state index is 0.00682. The minimum atomic E-state index is -4.49. The van der Waals surface area contributed by atoms with Crippen molar-refractivity contribution in [3.63, 3.8) is 0 Å². The van der Waals surface area contributed by atoms with Gasteiger partial charge in [0, 0.05) is 0 Å². The molecule has 0 aliphatic heterocycles. The van der Waals surface area contributed by atoms with Crippen molar-refractivity contribution in [1.29, 1.82) is 0 Å². The van der Waals surface area contributed by atoms with E-state index >= 15 is 0 Å². The van der Waals surface area contributed by atoms with Gasteiger partial charge in [0.2, 0.25) is 0 Å². The SMILES string of the molecule is CCCCCCCCCCCCCCCCCCCCCCC(C(=O)O)S(=O)(=O)O. The molecular weight excluding hydrogens is 400 g/mol. The van der Waals surface area contributed by atoms with Gasteiger partial charge in [-0.2, -0.15) is 8.42 Å². The van der Waals surface area contributed by atoms with Gasteiger partial charge in [-0.05, 0) is 6.42 Å². The Balaban J connectivity index is 3.26. The number of rotatable bonds is 23. The number of carboxylic acids is 1. The first-order chi connectivity index (χ1) is 14.4. The number of aliphatic carboxylic acids is 1. The van der Waals surface area contributed by atoms with Crippen molar-refractivity contribution in [2.24, 2.45) is 0 Å². The van der Waals surface area contributed by atoms with Gasteiger partial charge in [0.1, 0.15) is 0 Å². The van der Waals surface area contributed by atoms with Gasteiger partial charge in [-0.1, -0.05) is 135 Å². The summed E-state index contributed by atoms with van der Waals surface area (Å²) in [5.41, 5.74) is 0. The molecule has 0 bridgehead atoms. The highest BCUT2D eigenvalue weighted by molar-refractivity contribution is 7.87. The van der Waals surface area contributed by atoms with E-state index in [1.54, 1.807) is 0 Å². The Kier molecular flexibility index (Phi) is 19.9. The van der Waals surface area contributed by atoms with Gasteiger partial charge in [0.25, 0.3) is 10.1 Å². The first-order valence-electron chi connectivity index (χ1n) is 12.6. The summed E-state index contributed by atoms with van der Waals surface area (Å²) in [6.07, 6.45) is 25.2. The zero-order valence-electron chi connectivity index (χ0n) is 19.5. The van der Waals surface area contributed by atoms with Crippen LogP contribution < -0.4 is 0 Å². The molecular formula is C24H48O5S. The van der Waals surface area contributed by atoms with E-state index in [-0.39, 0.29) is 6.42 Å². The van der Waals surface area contributed by atoms with Crippen LogP contribution in [0.3, 0.4) is 0 Å². The maximum absolute atomic E-state index is 11.0. The monoisotopic (exact) mass is 448 g/mol. The third-order valence-electron chi connectivity index (χ3n) is 5.95. The first kappa shape index (κ1) is 29.4. The molecule has 0 spiro atoms. The first-order valence-corrected chi connectivity index (χ1v) is 14.1. The maximum atomic E-state index is 11.0. The van der Waals surface area contributed by atoms with Crippen molar-refractivity contribution < 1.29 is 22.9 Å². The lowest BCUT2D eigenvalue weighted by molar-refractivity contribution is -0.136. The normalized spacial score (nSPS) is 12.9. The summed E-state index contributed by atoms with van der Waals surface area (Å²) in [4.78, 5) is 10.8. The zero-order valence-corrected chi connectivity index (χ0v) is 20.3. The van der Waals surface area contributed by atoms with E-state index in [1.165, 1.54) is 103 Å². The van der Waals surface area contributed by atoms with E-state index < -0.39 is 21.3 Å². The van der Waals surface area contributed by atoms with E-state index in [2.05, 4.69) is 6.92 Å². The molecule has 0 aromatic carbocycles. The summed E-state index contributed by atoms with van der Waals surface area (Å²) in [5, 5.41) is 7.16. The second kappa shape index (κ2) is 20.3. The smallest absolute Gasteiger partial charge is 0.324 e. The van der Waals surface area contributed by atoms with Gasteiger partial charge in [0.15, 0.2) is 5.25 Å². The van der Waals surface area contributed by atoms with E-state index in [0.717, 1.165) is 19.3 Å². The fourth-order valence-corrected chi connectivity index (χ4v) is 4.70. The van der Waals surface area contributed by atoms with Crippen LogP contribution in [0, 0.1) is 0 Å². The van der Waals surface area contributed by atoms with E-state index in [9.17, 15) is 13.2 Å². The summed E-state index contributed by atoms with van der Waals surface area (Å²) in [6.45, 7) is 2.27. The average molecular weight is 449 g/mol. The molecule has 0 fully saturated rings. The van der Waals surface area contributed by atoms with E-state index in [0.29, 0.717) is 6.42 Å². The Labute approximate surface area is 186 Å². The lowest BCUT2D eigenvalue weighted by Crippen LogP contribution is -2.29. The minimum Gasteiger partial charge on any atom is -0.480 e. The van der Waals surface area contributed by atoms with Crippen molar-refractivity contribution in [3.05, 3.63) is 0 Å². The number of carbonyl (C=O) groups is 1. The number of hydrogen-bond donors (Lipinski definition) is 2. The second-order valence-corrected chi connectivity index (χ2v) is 10.4. The topological polar surface area (TPSA) is 91.7 Å². The van der Waals surface area contributed by atoms with Crippen LogP contribution in [-0.4, -0.2) is 29.3 Å². The highest BCUT2D eigenvalue weighted by atomic mass is 32.2. The highest BCUT2D eigenvalue weighted by Crippen LogP contribution is 2.16. The molecule has 0 aromatic heterocycles. The Morgan fingerprint density at radius 1 is 0.600 bits per heavy atom. The molecule has 1 atom stereocenters. The molecule has 1 unspecified atom stereocenters. The van der Waals surface area contributed by atoms with Crippen LogP contribution in [0.2, 0.25) is 0 Å². The van der Waals surface area contributed by atoms with Crippen molar-refractivity contribution in [2.45, 2.75) is 147 Å². The van der Waals surface area contributed by atoms with Gasteiger partial charge in [-0.15, -0.1) is 0 Å². The average Bonchev–Trinajstić information content (AvgIpc) is 2.68. The largest absolute Gasteiger partial charge is 0.480 e. The molecule has 0 aliphatic rings. The van der Waals surface area contributed by atoms with Crippen molar-refractivity contribution in [2.75, 3.05) is 0 Å². The van der Waals surface area contributed by atoms with Gasteiger partial charge in [0.05, 0.1) is 0 Å². The van der Waals surface area contributed by atoms with Crippen LogP contribution in [0.4, 0.5) is 0 Å². The summed E-state index contributed by atoms with van der Waals surface area (Å²) in [6, 6.07) is 0. The summed E-state index contributed by atoms with van der Waals surface area (Å²) >= 11 is 0. The molecule has 0 amide bonds. The number of carboxylic acid groups (broad SMARTS) is 1. The Morgan fingerprint density at radius 3 is 1.10 bits per heavy atom. The van der Waals surface area contributed by atoms with Crippen LogP contribution in [0.1, 0.15) is 142 Å². The van der Waals surface area contributed by atoms with Crippen LogP contribution in [0.15, 0.2) is 0 Å². The molecule has 0 saturated carbocycles. The molecule has 30 heavy (non-hydrogen) atoms. The standard InChI is InChI=1S/C24H48O5S/c1-2-3-4-5-6-7-8-9-10-11-12-13-14-15-16-17-18-19-20-21-22-23(24(25)26)30(27,28)29/h23H,2-22H2,1H3,(H,25,26)(H,27,28,29). The third-order valence-corrected chi connectivity index (χ3v) is 7.11. The van der Waals surface area contributed by atoms with Gasteiger partial charge < -0.3 is 5.11 Å². The molecule has 6 heteroatoms. The second-order valence-electron chi connectivity index (χ2n) is 8.85. The fourth-order valence-electron chi connectivity index (χ4n) is 3.98. The predicted molar refractivity (Wildman–Crippen MR) is 126 cm³/mol. The molecule has 2 N–H and O–H groups in total. The summed E-state index contributed by atoms with van der Waals surface area (Å²) < 4.78 is 30.9. The fraction of sp³-hybridized carbons (Fsp3) is 0.958. The van der Waals surface area contributed by atoms with Gasteiger partial charge >= 0.3 is 5.97 Å². The van der Waals surface area contributed by atoms with E-state index in [4.69, 9.17) is 9.66 Å². The van der Waals surface area contributed by atoms with Crippen LogP contribution in [0.25, 0.3) is 0 Å². The van der Waals surface area contributed by atoms with Crippen molar-refractivity contribution in [3.8, 4) is 0 Å². The lowest BCUT2D eigenvalue weighted by Gasteiger charge is -2.08. The predicted octanol–water partition coefficient (Wildman–Crippen LogP) is 7.54. The van der Waals surface area contributed by atoms with Crippen molar-refractivity contribution in [1.82, 2.24) is 0 Å². The molecule has 180 valence electrons.